The quantitative estimate of drug-likeness (QED) is 0.618. The average Bonchev–Trinajstić information content (AvgIpc) is 2.69. The summed E-state index contributed by atoms with van der Waals surface area (Å²) in [6.45, 7) is 0.0844. The zero-order valence-corrected chi connectivity index (χ0v) is 16.0. The highest BCUT2D eigenvalue weighted by atomic mass is 32.2. The molecule has 0 aliphatic carbocycles. The Labute approximate surface area is 167 Å². The zero-order chi connectivity index (χ0) is 20.9. The molecule has 0 aromatic heterocycles. The Balaban J connectivity index is 1.57. The Kier molecular flexibility index (Phi) is 6.23. The first-order valence-corrected chi connectivity index (χ1v) is 10.2. The van der Waals surface area contributed by atoms with E-state index in [1.807, 2.05) is 0 Å². The number of nitrogens with one attached hydrogen (secondary N) is 2. The van der Waals surface area contributed by atoms with Crippen LogP contribution in [0, 0.1) is 11.6 Å². The van der Waals surface area contributed by atoms with Gasteiger partial charge in [0.05, 0.1) is 11.3 Å². The lowest BCUT2D eigenvalue weighted by Gasteiger charge is -2.09. The Hall–Kier alpha value is -3.26. The first-order chi connectivity index (χ1) is 13.8. The van der Waals surface area contributed by atoms with Crippen LogP contribution < -0.4 is 10.0 Å². The minimum absolute atomic E-state index is 0.0597. The van der Waals surface area contributed by atoms with Crippen LogP contribution >= 0.6 is 0 Å². The number of halogens is 2. The molecule has 8 heteroatoms. The molecule has 0 heterocycles. The molecule has 0 atom stereocenters. The summed E-state index contributed by atoms with van der Waals surface area (Å²) in [5.41, 5.74) is 1.37. The second-order valence-electron chi connectivity index (χ2n) is 6.30. The van der Waals surface area contributed by atoms with E-state index in [9.17, 15) is 22.0 Å². The van der Waals surface area contributed by atoms with Crippen molar-refractivity contribution in [1.82, 2.24) is 5.32 Å². The van der Waals surface area contributed by atoms with Gasteiger partial charge in [-0.05, 0) is 48.0 Å². The summed E-state index contributed by atoms with van der Waals surface area (Å²) in [6.07, 6.45) is 0.0689. The van der Waals surface area contributed by atoms with Crippen LogP contribution in [0.2, 0.25) is 0 Å². The number of sulfonamides is 1. The van der Waals surface area contributed by atoms with Gasteiger partial charge < -0.3 is 5.32 Å². The molecule has 0 bridgehead atoms. The Bertz CT molecular complexity index is 1100. The number of amides is 1. The van der Waals surface area contributed by atoms with Crippen molar-refractivity contribution in [3.63, 3.8) is 0 Å². The summed E-state index contributed by atoms with van der Waals surface area (Å²) in [5.74, 6) is -1.19. The van der Waals surface area contributed by atoms with Gasteiger partial charge in [0, 0.05) is 17.8 Å². The number of carbonyl (C=O) groups is 1. The SMILES string of the molecule is O=C(Cc1ccc(NS(=O)(=O)c2ccc(F)cc2)cc1)NCc1ccccc1F. The van der Waals surface area contributed by atoms with Gasteiger partial charge in [-0.1, -0.05) is 30.3 Å². The third-order valence-corrected chi connectivity index (χ3v) is 5.53. The first kappa shape index (κ1) is 20.5. The molecule has 0 saturated carbocycles. The van der Waals surface area contributed by atoms with Gasteiger partial charge >= 0.3 is 0 Å². The van der Waals surface area contributed by atoms with Crippen LogP contribution in [0.4, 0.5) is 14.5 Å². The Morgan fingerprint density at radius 2 is 1.52 bits per heavy atom. The summed E-state index contributed by atoms with van der Waals surface area (Å²) in [4.78, 5) is 12.0. The predicted octanol–water partition coefficient (Wildman–Crippen LogP) is 3.62. The first-order valence-electron chi connectivity index (χ1n) is 8.71. The maximum atomic E-state index is 13.6. The van der Waals surface area contributed by atoms with Crippen LogP contribution in [0.3, 0.4) is 0 Å². The van der Waals surface area contributed by atoms with E-state index in [2.05, 4.69) is 10.0 Å². The van der Waals surface area contributed by atoms with Crippen molar-refractivity contribution in [2.45, 2.75) is 17.9 Å². The highest BCUT2D eigenvalue weighted by molar-refractivity contribution is 7.92. The largest absolute Gasteiger partial charge is 0.352 e. The summed E-state index contributed by atoms with van der Waals surface area (Å²) < 4.78 is 53.5. The fraction of sp³-hybridized carbons (Fsp3) is 0.0952. The van der Waals surface area contributed by atoms with Gasteiger partial charge in [-0.25, -0.2) is 17.2 Å². The smallest absolute Gasteiger partial charge is 0.261 e. The molecule has 0 unspecified atom stereocenters. The minimum atomic E-state index is -3.84. The highest BCUT2D eigenvalue weighted by Crippen LogP contribution is 2.17. The van der Waals surface area contributed by atoms with E-state index in [-0.39, 0.29) is 29.6 Å². The molecule has 3 aromatic rings. The normalized spacial score (nSPS) is 11.1. The monoisotopic (exact) mass is 416 g/mol. The molecule has 150 valence electrons. The molecule has 0 aliphatic heterocycles. The van der Waals surface area contributed by atoms with Gasteiger partial charge in [-0.15, -0.1) is 0 Å². The van der Waals surface area contributed by atoms with Crippen molar-refractivity contribution in [2.24, 2.45) is 0 Å². The van der Waals surface area contributed by atoms with Crippen molar-refractivity contribution < 1.29 is 22.0 Å². The molecule has 3 rings (SSSR count). The van der Waals surface area contributed by atoms with Crippen molar-refractivity contribution in [1.29, 1.82) is 0 Å². The maximum Gasteiger partial charge on any atom is 0.261 e. The molecular formula is C21H18F2N2O3S. The molecule has 29 heavy (non-hydrogen) atoms. The number of rotatable bonds is 7. The second-order valence-corrected chi connectivity index (χ2v) is 7.98. The molecule has 0 fully saturated rings. The number of hydrogen-bond acceptors (Lipinski definition) is 3. The summed E-state index contributed by atoms with van der Waals surface area (Å²) >= 11 is 0. The van der Waals surface area contributed by atoms with Crippen LogP contribution in [0.25, 0.3) is 0 Å². The molecular weight excluding hydrogens is 398 g/mol. The van der Waals surface area contributed by atoms with Crippen molar-refractivity contribution in [3.05, 3.63) is 95.6 Å². The van der Waals surface area contributed by atoms with E-state index in [1.165, 1.54) is 30.3 Å². The summed E-state index contributed by atoms with van der Waals surface area (Å²) in [5, 5.41) is 2.65. The van der Waals surface area contributed by atoms with E-state index in [0.29, 0.717) is 16.8 Å². The van der Waals surface area contributed by atoms with Crippen molar-refractivity contribution >= 4 is 21.6 Å². The number of benzene rings is 3. The number of anilines is 1. The van der Waals surface area contributed by atoms with Gasteiger partial charge in [-0.2, -0.15) is 0 Å². The minimum Gasteiger partial charge on any atom is -0.352 e. The van der Waals surface area contributed by atoms with E-state index in [1.54, 1.807) is 30.3 Å². The summed E-state index contributed by atoms with van der Waals surface area (Å²) in [7, 11) is -3.84. The second kappa shape index (κ2) is 8.83. The van der Waals surface area contributed by atoms with Gasteiger partial charge in [0.1, 0.15) is 11.6 Å². The van der Waals surface area contributed by atoms with Crippen molar-refractivity contribution in [2.75, 3.05) is 4.72 Å². The van der Waals surface area contributed by atoms with Crippen LogP contribution in [-0.4, -0.2) is 14.3 Å². The predicted molar refractivity (Wildman–Crippen MR) is 106 cm³/mol. The lowest BCUT2D eigenvalue weighted by Crippen LogP contribution is -2.25. The standard InChI is InChI=1S/C21H18F2N2O3S/c22-17-7-11-19(12-8-17)29(27,28)25-18-9-5-15(6-10-18)13-21(26)24-14-16-3-1-2-4-20(16)23/h1-12,25H,13-14H2,(H,24,26). The molecule has 0 spiro atoms. The lowest BCUT2D eigenvalue weighted by atomic mass is 10.1. The Morgan fingerprint density at radius 1 is 0.862 bits per heavy atom. The molecule has 2 N–H and O–H groups in total. The third-order valence-electron chi connectivity index (χ3n) is 4.13. The molecule has 0 radical (unpaired) electrons. The van der Waals surface area contributed by atoms with E-state index < -0.39 is 15.8 Å². The Morgan fingerprint density at radius 3 is 2.17 bits per heavy atom. The molecule has 0 aliphatic rings. The average molecular weight is 416 g/mol. The molecule has 3 aromatic carbocycles. The topological polar surface area (TPSA) is 75.3 Å². The fourth-order valence-corrected chi connectivity index (χ4v) is 3.66. The highest BCUT2D eigenvalue weighted by Gasteiger charge is 2.14. The lowest BCUT2D eigenvalue weighted by molar-refractivity contribution is -0.120. The fourth-order valence-electron chi connectivity index (χ4n) is 2.60. The molecule has 5 nitrogen and oxygen atoms in total. The third kappa shape index (κ3) is 5.61. The van der Waals surface area contributed by atoms with Crippen LogP contribution in [0.5, 0.6) is 0 Å². The number of carbonyl (C=O) groups excluding carboxylic acids is 1. The molecule has 1 amide bonds. The van der Waals surface area contributed by atoms with Gasteiger partial charge in [0.2, 0.25) is 5.91 Å². The van der Waals surface area contributed by atoms with Crippen molar-refractivity contribution in [3.8, 4) is 0 Å². The van der Waals surface area contributed by atoms with Crippen LogP contribution in [0.1, 0.15) is 11.1 Å². The maximum absolute atomic E-state index is 13.6. The zero-order valence-electron chi connectivity index (χ0n) is 15.2. The van der Waals surface area contributed by atoms with Crippen LogP contribution in [0.15, 0.2) is 77.7 Å². The number of hydrogen-bond donors (Lipinski definition) is 2. The van der Waals surface area contributed by atoms with E-state index >= 15 is 0 Å². The molecule has 0 saturated heterocycles. The van der Waals surface area contributed by atoms with Gasteiger partial charge in [0.15, 0.2) is 0 Å². The van der Waals surface area contributed by atoms with Gasteiger partial charge in [-0.3, -0.25) is 9.52 Å². The van der Waals surface area contributed by atoms with E-state index in [4.69, 9.17) is 0 Å². The van der Waals surface area contributed by atoms with E-state index in [0.717, 1.165) is 12.1 Å². The van der Waals surface area contributed by atoms with Gasteiger partial charge in [0.25, 0.3) is 10.0 Å². The summed E-state index contributed by atoms with van der Waals surface area (Å²) in [6, 6.07) is 17.0. The van der Waals surface area contributed by atoms with Crippen LogP contribution in [-0.2, 0) is 27.8 Å².